The topological polar surface area (TPSA) is 99.5 Å². The van der Waals surface area contributed by atoms with Gasteiger partial charge in [-0.3, -0.25) is 4.79 Å². The van der Waals surface area contributed by atoms with Crippen molar-refractivity contribution in [2.24, 2.45) is 0 Å². The molecule has 3 aliphatic rings. The minimum Gasteiger partial charge on any atom is -0.493 e. The summed E-state index contributed by atoms with van der Waals surface area (Å²) in [5, 5.41) is 4.55. The smallest absolute Gasteiger partial charge is 0.267 e. The number of hydrogen-bond acceptors (Lipinski definition) is 7. The zero-order valence-corrected chi connectivity index (χ0v) is 17.3. The highest BCUT2D eigenvalue weighted by Gasteiger charge is 2.35. The lowest BCUT2D eigenvalue weighted by atomic mass is 10.1. The Morgan fingerprint density at radius 1 is 1.17 bits per heavy atom. The van der Waals surface area contributed by atoms with Crippen LogP contribution in [-0.2, 0) is 33.4 Å². The van der Waals surface area contributed by atoms with Crippen LogP contribution in [-0.4, -0.2) is 49.8 Å². The number of aromatic nitrogens is 2. The summed E-state index contributed by atoms with van der Waals surface area (Å²) in [6, 6.07) is 5.46. The molecule has 0 aliphatic carbocycles. The Balaban J connectivity index is 1.42. The normalized spacial score (nSPS) is 23.4. The highest BCUT2D eigenvalue weighted by Crippen LogP contribution is 2.29. The molecule has 2 atom stereocenters. The van der Waals surface area contributed by atoms with Crippen LogP contribution in [0.2, 0.25) is 0 Å². The number of rotatable bonds is 4. The van der Waals surface area contributed by atoms with Crippen molar-refractivity contribution in [2.45, 2.75) is 35.6 Å². The Labute approximate surface area is 172 Å². The van der Waals surface area contributed by atoms with Gasteiger partial charge >= 0.3 is 0 Å². The molecule has 154 valence electrons. The second-order valence-electron chi connectivity index (χ2n) is 7.40. The van der Waals surface area contributed by atoms with Crippen molar-refractivity contribution in [3.8, 4) is 5.75 Å². The zero-order chi connectivity index (χ0) is 20.0. The molecular weight excluding hydrogens is 414 g/mol. The molecule has 0 bridgehead atoms. The molecule has 29 heavy (non-hydrogen) atoms. The number of hydrogen-bond donors (Lipinski definition) is 1. The first-order valence-electron chi connectivity index (χ1n) is 9.56. The first-order chi connectivity index (χ1) is 14.0. The zero-order valence-electron chi connectivity index (χ0n) is 15.7. The highest BCUT2D eigenvalue weighted by molar-refractivity contribution is 7.98. The lowest BCUT2D eigenvalue weighted by Crippen LogP contribution is -2.44. The van der Waals surface area contributed by atoms with Gasteiger partial charge in [0.15, 0.2) is 0 Å². The Morgan fingerprint density at radius 3 is 2.97 bits per heavy atom. The van der Waals surface area contributed by atoms with Crippen molar-refractivity contribution in [2.75, 3.05) is 25.6 Å². The van der Waals surface area contributed by atoms with Gasteiger partial charge in [0.1, 0.15) is 5.75 Å². The SMILES string of the molecule is O=c1cc2c(nn1C1COCC1NS(=O)(=O)c1ccc3c(c1)CCO3)CCSC2. The minimum atomic E-state index is -3.77. The van der Waals surface area contributed by atoms with E-state index in [1.807, 2.05) is 0 Å². The number of sulfonamides is 1. The van der Waals surface area contributed by atoms with Crippen LogP contribution in [0.25, 0.3) is 0 Å². The largest absolute Gasteiger partial charge is 0.493 e. The van der Waals surface area contributed by atoms with E-state index in [1.165, 1.54) is 10.7 Å². The fourth-order valence-electron chi connectivity index (χ4n) is 3.96. The number of nitrogens with zero attached hydrogens (tertiary/aromatic N) is 2. The third-order valence-electron chi connectivity index (χ3n) is 5.51. The molecule has 8 nitrogen and oxygen atoms in total. The molecule has 2 aromatic rings. The molecule has 3 aliphatic heterocycles. The molecular formula is C19H21N3O5S2. The highest BCUT2D eigenvalue weighted by atomic mass is 32.2. The average molecular weight is 436 g/mol. The molecule has 1 aromatic carbocycles. The van der Waals surface area contributed by atoms with Crippen LogP contribution in [0.1, 0.15) is 22.9 Å². The first-order valence-corrected chi connectivity index (χ1v) is 12.2. The number of ether oxygens (including phenoxy) is 2. The molecule has 1 N–H and O–H groups in total. The summed E-state index contributed by atoms with van der Waals surface area (Å²) >= 11 is 1.79. The Bertz CT molecular complexity index is 1120. The van der Waals surface area contributed by atoms with E-state index in [0.29, 0.717) is 13.0 Å². The number of aryl methyl sites for hydroxylation is 1. The Kier molecular flexibility index (Phi) is 4.89. The summed E-state index contributed by atoms with van der Waals surface area (Å²) in [6.45, 7) is 1.00. The van der Waals surface area contributed by atoms with Crippen molar-refractivity contribution < 1.29 is 17.9 Å². The van der Waals surface area contributed by atoms with E-state index >= 15 is 0 Å². The Morgan fingerprint density at radius 2 is 2.07 bits per heavy atom. The van der Waals surface area contributed by atoms with Crippen LogP contribution in [0.5, 0.6) is 5.75 Å². The third-order valence-corrected chi connectivity index (χ3v) is 8.00. The van der Waals surface area contributed by atoms with E-state index < -0.39 is 22.1 Å². The van der Waals surface area contributed by atoms with Crippen molar-refractivity contribution in [1.29, 1.82) is 0 Å². The van der Waals surface area contributed by atoms with Gasteiger partial charge in [0.2, 0.25) is 10.0 Å². The van der Waals surface area contributed by atoms with Crippen molar-refractivity contribution in [1.82, 2.24) is 14.5 Å². The quantitative estimate of drug-likeness (QED) is 0.761. The fraction of sp³-hybridized carbons (Fsp3) is 0.474. The summed E-state index contributed by atoms with van der Waals surface area (Å²) in [4.78, 5) is 12.8. The van der Waals surface area contributed by atoms with Gasteiger partial charge in [0.05, 0.1) is 42.5 Å². The predicted molar refractivity (Wildman–Crippen MR) is 108 cm³/mol. The molecule has 0 spiro atoms. The minimum absolute atomic E-state index is 0.190. The van der Waals surface area contributed by atoms with Gasteiger partial charge in [-0.25, -0.2) is 17.8 Å². The number of fused-ring (bicyclic) bond motifs is 2. The summed E-state index contributed by atoms with van der Waals surface area (Å²) in [5.41, 5.74) is 2.55. The molecule has 0 radical (unpaired) electrons. The van der Waals surface area contributed by atoms with Gasteiger partial charge < -0.3 is 9.47 Å². The van der Waals surface area contributed by atoms with Gasteiger partial charge in [0.25, 0.3) is 5.56 Å². The maximum atomic E-state index is 13.0. The third kappa shape index (κ3) is 3.58. The van der Waals surface area contributed by atoms with E-state index in [0.717, 1.165) is 40.5 Å². The Hall–Kier alpha value is -1.88. The predicted octanol–water partition coefficient (Wildman–Crippen LogP) is 0.886. The number of benzene rings is 1. The van der Waals surface area contributed by atoms with Crippen LogP contribution in [0.15, 0.2) is 34.0 Å². The van der Waals surface area contributed by atoms with Gasteiger partial charge in [-0.05, 0) is 35.1 Å². The average Bonchev–Trinajstić information content (AvgIpc) is 3.35. The van der Waals surface area contributed by atoms with Crippen molar-refractivity contribution in [3.63, 3.8) is 0 Å². The molecule has 0 saturated carbocycles. The van der Waals surface area contributed by atoms with Crippen LogP contribution >= 0.6 is 11.8 Å². The maximum Gasteiger partial charge on any atom is 0.267 e. The van der Waals surface area contributed by atoms with Crippen molar-refractivity contribution in [3.05, 3.63) is 51.4 Å². The fourth-order valence-corrected chi connectivity index (χ4v) is 6.22. The maximum absolute atomic E-state index is 13.0. The summed E-state index contributed by atoms with van der Waals surface area (Å²) < 4.78 is 41.0. The molecule has 2 unspecified atom stereocenters. The molecule has 1 aromatic heterocycles. The summed E-state index contributed by atoms with van der Waals surface area (Å²) in [6.07, 6.45) is 1.50. The van der Waals surface area contributed by atoms with Crippen LogP contribution < -0.4 is 15.0 Å². The van der Waals surface area contributed by atoms with Gasteiger partial charge in [-0.1, -0.05) is 0 Å². The molecule has 1 saturated heterocycles. The van der Waals surface area contributed by atoms with Crippen molar-refractivity contribution >= 4 is 21.8 Å². The van der Waals surface area contributed by atoms with E-state index in [2.05, 4.69) is 9.82 Å². The van der Waals surface area contributed by atoms with Crippen LogP contribution in [0.4, 0.5) is 0 Å². The second kappa shape index (κ2) is 7.42. The second-order valence-corrected chi connectivity index (χ2v) is 10.2. The van der Waals surface area contributed by atoms with Crippen LogP contribution in [0.3, 0.4) is 0 Å². The first kappa shape index (κ1) is 19.1. The lowest BCUT2D eigenvalue weighted by Gasteiger charge is -2.22. The summed E-state index contributed by atoms with van der Waals surface area (Å²) in [5.74, 6) is 2.49. The monoisotopic (exact) mass is 435 g/mol. The number of thioether (sulfide) groups is 1. The van der Waals surface area contributed by atoms with Gasteiger partial charge in [-0.15, -0.1) is 0 Å². The van der Waals surface area contributed by atoms with E-state index in [9.17, 15) is 13.2 Å². The van der Waals surface area contributed by atoms with E-state index in [1.54, 1.807) is 30.0 Å². The molecule has 4 heterocycles. The van der Waals surface area contributed by atoms with Crippen LogP contribution in [0, 0.1) is 0 Å². The van der Waals surface area contributed by atoms with E-state index in [-0.39, 0.29) is 23.7 Å². The molecule has 1 fully saturated rings. The molecule has 10 heteroatoms. The van der Waals surface area contributed by atoms with Gasteiger partial charge in [0, 0.05) is 24.7 Å². The molecule has 5 rings (SSSR count). The van der Waals surface area contributed by atoms with E-state index in [4.69, 9.17) is 9.47 Å². The van der Waals surface area contributed by atoms with Gasteiger partial charge in [-0.2, -0.15) is 16.9 Å². The molecule has 0 amide bonds. The summed E-state index contributed by atoms with van der Waals surface area (Å²) in [7, 11) is -3.77. The number of nitrogens with one attached hydrogen (secondary N) is 1. The lowest BCUT2D eigenvalue weighted by molar-refractivity contribution is 0.181. The standard InChI is InChI=1S/C19H21N3O5S2/c23-19-8-13-11-28-6-4-15(13)20-22(19)17-10-26-9-16(17)21-29(24,25)14-1-2-18-12(7-14)3-5-27-18/h1-2,7-8,16-17,21H,3-6,9-11H2.